The number of hydrogen-bond donors (Lipinski definition) is 1. The highest BCUT2D eigenvalue weighted by Gasteiger charge is 2.24. The summed E-state index contributed by atoms with van der Waals surface area (Å²) in [6.45, 7) is 0.197. The Labute approximate surface area is 138 Å². The van der Waals surface area contributed by atoms with Gasteiger partial charge in [0.25, 0.3) is 5.91 Å². The lowest BCUT2D eigenvalue weighted by Crippen LogP contribution is -2.36. The molecule has 1 aliphatic rings. The molecular formula is C17H15FN4O2. The van der Waals surface area contributed by atoms with Crippen LogP contribution in [-0.4, -0.2) is 27.5 Å². The summed E-state index contributed by atoms with van der Waals surface area (Å²) in [5.74, 6) is -0.874. The molecule has 0 spiro atoms. The van der Waals surface area contributed by atoms with E-state index in [1.54, 1.807) is 30.5 Å². The second kappa shape index (κ2) is 6.99. The maximum Gasteiger partial charge on any atom is 0.271 e. The first-order valence-corrected chi connectivity index (χ1v) is 7.45. The van der Waals surface area contributed by atoms with Crippen molar-refractivity contribution in [2.24, 2.45) is 5.10 Å². The number of carbonyl (C=O) groups is 2. The van der Waals surface area contributed by atoms with Crippen LogP contribution in [0, 0.1) is 5.82 Å². The minimum atomic E-state index is -0.361. The van der Waals surface area contributed by atoms with E-state index in [4.69, 9.17) is 0 Å². The van der Waals surface area contributed by atoms with Gasteiger partial charge in [-0.25, -0.2) is 9.40 Å². The van der Waals surface area contributed by atoms with Gasteiger partial charge in [-0.2, -0.15) is 5.10 Å². The van der Waals surface area contributed by atoms with Crippen LogP contribution in [0.2, 0.25) is 0 Å². The lowest BCUT2D eigenvalue weighted by atomic mass is 10.1. The second-order valence-electron chi connectivity index (χ2n) is 5.32. The Balaban J connectivity index is 1.72. The number of halogens is 1. The lowest BCUT2D eigenvalue weighted by molar-refractivity contribution is -0.132. The first kappa shape index (κ1) is 15.8. The Morgan fingerprint density at radius 1 is 1.21 bits per heavy atom. The molecule has 3 rings (SSSR count). The summed E-state index contributed by atoms with van der Waals surface area (Å²) < 4.78 is 13.0. The van der Waals surface area contributed by atoms with E-state index in [1.165, 1.54) is 23.3 Å². The lowest BCUT2D eigenvalue weighted by Gasteiger charge is -2.23. The number of anilines is 1. The molecule has 6 nitrogen and oxygen atoms in total. The van der Waals surface area contributed by atoms with Gasteiger partial charge >= 0.3 is 0 Å². The fraction of sp³-hybridized carbons (Fsp3) is 0.176. The zero-order chi connectivity index (χ0) is 16.9. The molecule has 0 fully saturated rings. The van der Waals surface area contributed by atoms with Gasteiger partial charge in [0, 0.05) is 19.0 Å². The standard InChI is InChI=1S/C17H15FN4O2/c18-13-5-3-12(4-6-13)11-22-16(23)8-7-15(21-22)17(24)20-14-2-1-9-19-10-14/h1-6,9-10H,7-8,11H2,(H,20,24). The van der Waals surface area contributed by atoms with Gasteiger partial charge in [0.2, 0.25) is 5.91 Å². The maximum atomic E-state index is 13.0. The van der Waals surface area contributed by atoms with Gasteiger partial charge in [0.05, 0.1) is 18.4 Å². The Hall–Kier alpha value is -3.09. The Morgan fingerprint density at radius 2 is 2.00 bits per heavy atom. The molecule has 0 radical (unpaired) electrons. The van der Waals surface area contributed by atoms with E-state index < -0.39 is 0 Å². The summed E-state index contributed by atoms with van der Waals surface area (Å²) in [5, 5.41) is 8.09. The number of nitrogens with zero attached hydrogens (tertiary/aromatic N) is 3. The quantitative estimate of drug-likeness (QED) is 0.937. The molecule has 0 bridgehead atoms. The van der Waals surface area contributed by atoms with E-state index in [0.717, 1.165) is 5.56 Å². The van der Waals surface area contributed by atoms with Crippen LogP contribution in [0.4, 0.5) is 10.1 Å². The van der Waals surface area contributed by atoms with Crippen molar-refractivity contribution in [2.45, 2.75) is 19.4 Å². The van der Waals surface area contributed by atoms with Crippen molar-refractivity contribution in [3.05, 3.63) is 60.2 Å². The Bertz CT molecular complexity index is 775. The van der Waals surface area contributed by atoms with Crippen LogP contribution in [0.25, 0.3) is 0 Å². The van der Waals surface area contributed by atoms with Crippen LogP contribution >= 0.6 is 0 Å². The monoisotopic (exact) mass is 326 g/mol. The van der Waals surface area contributed by atoms with Crippen molar-refractivity contribution in [1.82, 2.24) is 9.99 Å². The number of hydrazone groups is 1. The Morgan fingerprint density at radius 3 is 2.71 bits per heavy atom. The van der Waals surface area contributed by atoms with Crippen molar-refractivity contribution >= 4 is 23.2 Å². The van der Waals surface area contributed by atoms with Crippen molar-refractivity contribution in [1.29, 1.82) is 0 Å². The molecule has 24 heavy (non-hydrogen) atoms. The number of rotatable bonds is 4. The number of nitrogens with one attached hydrogen (secondary N) is 1. The molecule has 0 unspecified atom stereocenters. The molecule has 0 atom stereocenters. The van der Waals surface area contributed by atoms with Crippen LogP contribution in [0.3, 0.4) is 0 Å². The molecule has 1 aliphatic heterocycles. The molecule has 122 valence electrons. The first-order valence-electron chi connectivity index (χ1n) is 7.45. The van der Waals surface area contributed by atoms with Crippen LogP contribution in [0.1, 0.15) is 18.4 Å². The second-order valence-corrected chi connectivity index (χ2v) is 5.32. The average molecular weight is 326 g/mol. The van der Waals surface area contributed by atoms with Crippen LogP contribution in [0.5, 0.6) is 0 Å². The molecule has 1 aromatic carbocycles. The van der Waals surface area contributed by atoms with Gasteiger partial charge < -0.3 is 5.32 Å². The largest absolute Gasteiger partial charge is 0.319 e. The summed E-state index contributed by atoms with van der Waals surface area (Å²) in [5.41, 5.74) is 1.58. The molecule has 2 amide bonds. The number of hydrogen-bond acceptors (Lipinski definition) is 4. The number of carbonyl (C=O) groups excluding carboxylic acids is 2. The third-order valence-corrected chi connectivity index (χ3v) is 3.53. The predicted molar refractivity (Wildman–Crippen MR) is 86.5 cm³/mol. The average Bonchev–Trinajstić information content (AvgIpc) is 2.59. The molecule has 0 saturated heterocycles. The highest BCUT2D eigenvalue weighted by Crippen LogP contribution is 2.15. The molecule has 7 heteroatoms. The zero-order valence-corrected chi connectivity index (χ0v) is 12.8. The number of pyridine rings is 1. The fourth-order valence-electron chi connectivity index (χ4n) is 2.29. The smallest absolute Gasteiger partial charge is 0.271 e. The topological polar surface area (TPSA) is 74.7 Å². The summed E-state index contributed by atoms with van der Waals surface area (Å²) >= 11 is 0. The third kappa shape index (κ3) is 3.81. The molecular weight excluding hydrogens is 311 g/mol. The minimum absolute atomic E-state index is 0.169. The van der Waals surface area contributed by atoms with E-state index in [-0.39, 0.29) is 42.7 Å². The van der Waals surface area contributed by atoms with Gasteiger partial charge in [0.1, 0.15) is 11.5 Å². The van der Waals surface area contributed by atoms with Gasteiger partial charge in [-0.3, -0.25) is 14.6 Å². The van der Waals surface area contributed by atoms with E-state index in [0.29, 0.717) is 5.69 Å². The van der Waals surface area contributed by atoms with Crippen molar-refractivity contribution in [3.63, 3.8) is 0 Å². The van der Waals surface area contributed by atoms with Gasteiger partial charge in [-0.05, 0) is 29.8 Å². The van der Waals surface area contributed by atoms with Gasteiger partial charge in [-0.1, -0.05) is 12.1 Å². The van der Waals surface area contributed by atoms with E-state index >= 15 is 0 Å². The summed E-state index contributed by atoms with van der Waals surface area (Å²) in [6.07, 6.45) is 3.63. The first-order chi connectivity index (χ1) is 11.6. The molecule has 2 heterocycles. The predicted octanol–water partition coefficient (Wildman–Crippen LogP) is 2.34. The molecule has 1 N–H and O–H groups in total. The summed E-state index contributed by atoms with van der Waals surface area (Å²) in [7, 11) is 0. The van der Waals surface area contributed by atoms with Crippen molar-refractivity contribution in [3.8, 4) is 0 Å². The van der Waals surface area contributed by atoms with Crippen LogP contribution < -0.4 is 5.32 Å². The minimum Gasteiger partial charge on any atom is -0.319 e. The van der Waals surface area contributed by atoms with E-state index in [9.17, 15) is 14.0 Å². The normalized spacial score (nSPS) is 14.3. The zero-order valence-electron chi connectivity index (χ0n) is 12.8. The summed E-state index contributed by atoms with van der Waals surface area (Å²) in [4.78, 5) is 28.2. The molecule has 1 aromatic heterocycles. The van der Waals surface area contributed by atoms with Crippen molar-refractivity contribution in [2.75, 3.05) is 5.32 Å². The number of amides is 2. The molecule has 0 aliphatic carbocycles. The van der Waals surface area contributed by atoms with E-state index in [1.807, 2.05) is 0 Å². The Kier molecular flexibility index (Phi) is 4.60. The number of benzene rings is 1. The highest BCUT2D eigenvalue weighted by atomic mass is 19.1. The van der Waals surface area contributed by atoms with Gasteiger partial charge in [-0.15, -0.1) is 0 Å². The molecule has 0 saturated carbocycles. The summed E-state index contributed by atoms with van der Waals surface area (Å²) in [6, 6.07) is 9.25. The van der Waals surface area contributed by atoms with Crippen LogP contribution in [-0.2, 0) is 16.1 Å². The highest BCUT2D eigenvalue weighted by molar-refractivity contribution is 6.43. The number of aromatic nitrogens is 1. The fourth-order valence-corrected chi connectivity index (χ4v) is 2.29. The SMILES string of the molecule is O=C(Nc1cccnc1)C1=NN(Cc2ccc(F)cc2)C(=O)CC1. The third-order valence-electron chi connectivity index (χ3n) is 3.53. The van der Waals surface area contributed by atoms with E-state index in [2.05, 4.69) is 15.4 Å². The van der Waals surface area contributed by atoms with Crippen molar-refractivity contribution < 1.29 is 14.0 Å². The maximum absolute atomic E-state index is 13.0. The molecule has 2 aromatic rings. The van der Waals surface area contributed by atoms with Crippen LogP contribution in [0.15, 0.2) is 53.9 Å². The van der Waals surface area contributed by atoms with Gasteiger partial charge in [0.15, 0.2) is 0 Å².